The summed E-state index contributed by atoms with van der Waals surface area (Å²) >= 11 is 3.42. The average molecular weight is 424 g/mol. The summed E-state index contributed by atoms with van der Waals surface area (Å²) in [4.78, 5) is 16.8. The largest absolute Gasteiger partial charge is 0.349 e. The summed E-state index contributed by atoms with van der Waals surface area (Å²) in [6.45, 7) is 0. The van der Waals surface area contributed by atoms with Gasteiger partial charge in [-0.1, -0.05) is 52.3 Å². The molecule has 0 spiro atoms. The van der Waals surface area contributed by atoms with Gasteiger partial charge < -0.3 is 9.88 Å². The lowest BCUT2D eigenvalue weighted by molar-refractivity contribution is 0.0922. The molecule has 1 N–H and O–H groups in total. The Morgan fingerprint density at radius 1 is 1.04 bits per heavy atom. The van der Waals surface area contributed by atoms with Crippen molar-refractivity contribution in [3.8, 4) is 11.3 Å². The van der Waals surface area contributed by atoms with Gasteiger partial charge in [0.25, 0.3) is 5.91 Å². The Morgan fingerprint density at radius 3 is 2.56 bits per heavy atom. The van der Waals surface area contributed by atoms with E-state index in [0.717, 1.165) is 35.8 Å². The SMILES string of the molecule is O=C(NC1CCC(n2cncc2-c2ccccc2)CC1)c1cccc(Br)c1. The third-order valence-corrected chi connectivity index (χ3v) is 5.74. The summed E-state index contributed by atoms with van der Waals surface area (Å²) in [5.74, 6) is 0.00681. The molecule has 4 rings (SSSR count). The van der Waals surface area contributed by atoms with Gasteiger partial charge in [-0.3, -0.25) is 4.79 Å². The molecule has 1 aliphatic rings. The van der Waals surface area contributed by atoms with Crippen molar-refractivity contribution in [1.82, 2.24) is 14.9 Å². The first kappa shape index (κ1) is 18.0. The van der Waals surface area contributed by atoms with Crippen molar-refractivity contribution in [3.05, 3.63) is 77.2 Å². The fourth-order valence-corrected chi connectivity index (χ4v) is 4.22. The van der Waals surface area contributed by atoms with E-state index in [4.69, 9.17) is 0 Å². The molecule has 1 aliphatic carbocycles. The van der Waals surface area contributed by atoms with Crippen molar-refractivity contribution in [2.45, 2.75) is 37.8 Å². The maximum atomic E-state index is 12.5. The lowest BCUT2D eigenvalue weighted by Gasteiger charge is -2.31. The normalized spacial score (nSPS) is 19.6. The molecule has 0 radical (unpaired) electrons. The summed E-state index contributed by atoms with van der Waals surface area (Å²) in [5, 5.41) is 3.19. The molecular weight excluding hydrogens is 402 g/mol. The van der Waals surface area contributed by atoms with Gasteiger partial charge in [0.05, 0.1) is 18.2 Å². The maximum Gasteiger partial charge on any atom is 0.251 e. The summed E-state index contributed by atoms with van der Waals surface area (Å²) < 4.78 is 3.22. The van der Waals surface area contributed by atoms with Crippen LogP contribution in [0, 0.1) is 0 Å². The lowest BCUT2D eigenvalue weighted by Crippen LogP contribution is -2.38. The molecule has 1 heterocycles. The molecule has 0 atom stereocenters. The molecule has 27 heavy (non-hydrogen) atoms. The monoisotopic (exact) mass is 423 g/mol. The standard InChI is InChI=1S/C22H22BrN3O/c23-18-8-4-7-17(13-18)22(27)25-19-9-11-20(12-10-19)26-15-24-14-21(26)16-5-2-1-3-6-16/h1-8,13-15,19-20H,9-12H2,(H,25,27). The van der Waals surface area contributed by atoms with Crippen molar-refractivity contribution in [2.24, 2.45) is 0 Å². The summed E-state index contributed by atoms with van der Waals surface area (Å²) in [6, 6.07) is 18.6. The Kier molecular flexibility index (Phi) is 5.39. The lowest BCUT2D eigenvalue weighted by atomic mass is 9.90. The molecule has 1 amide bonds. The highest BCUT2D eigenvalue weighted by molar-refractivity contribution is 9.10. The fraction of sp³-hybridized carbons (Fsp3) is 0.273. The zero-order valence-corrected chi connectivity index (χ0v) is 16.6. The van der Waals surface area contributed by atoms with Gasteiger partial charge in [0.2, 0.25) is 0 Å². The van der Waals surface area contributed by atoms with Crippen LogP contribution in [0.15, 0.2) is 71.6 Å². The Labute approximate surface area is 167 Å². The maximum absolute atomic E-state index is 12.5. The number of rotatable bonds is 4. The topological polar surface area (TPSA) is 46.9 Å². The van der Waals surface area contributed by atoms with Crippen LogP contribution in [0.5, 0.6) is 0 Å². The highest BCUT2D eigenvalue weighted by atomic mass is 79.9. The van der Waals surface area contributed by atoms with E-state index in [0.29, 0.717) is 11.6 Å². The van der Waals surface area contributed by atoms with E-state index >= 15 is 0 Å². The van der Waals surface area contributed by atoms with Gasteiger partial charge in [-0.15, -0.1) is 0 Å². The number of amides is 1. The van der Waals surface area contributed by atoms with Crippen LogP contribution in [-0.2, 0) is 0 Å². The van der Waals surface area contributed by atoms with Gasteiger partial charge in [0.1, 0.15) is 0 Å². The third kappa shape index (κ3) is 4.14. The van der Waals surface area contributed by atoms with E-state index in [1.54, 1.807) is 0 Å². The van der Waals surface area contributed by atoms with E-state index in [2.05, 4.69) is 55.1 Å². The minimum absolute atomic E-state index is 0.00681. The van der Waals surface area contributed by atoms with Crippen LogP contribution in [0.3, 0.4) is 0 Å². The molecule has 5 heteroatoms. The molecule has 0 bridgehead atoms. The van der Waals surface area contributed by atoms with Crippen molar-refractivity contribution >= 4 is 21.8 Å². The first-order valence-corrected chi connectivity index (χ1v) is 10.1. The van der Waals surface area contributed by atoms with Gasteiger partial charge >= 0.3 is 0 Å². The van der Waals surface area contributed by atoms with Gasteiger partial charge in [-0.05, 0) is 49.4 Å². The van der Waals surface area contributed by atoms with Gasteiger partial charge in [-0.2, -0.15) is 0 Å². The predicted molar refractivity (Wildman–Crippen MR) is 111 cm³/mol. The van der Waals surface area contributed by atoms with Gasteiger partial charge in [0.15, 0.2) is 0 Å². The quantitative estimate of drug-likeness (QED) is 0.624. The second-order valence-electron chi connectivity index (χ2n) is 7.04. The molecule has 0 aliphatic heterocycles. The molecule has 138 valence electrons. The van der Waals surface area contributed by atoms with Crippen LogP contribution in [0.2, 0.25) is 0 Å². The first-order valence-electron chi connectivity index (χ1n) is 9.34. The molecule has 0 unspecified atom stereocenters. The van der Waals surface area contributed by atoms with Crippen LogP contribution < -0.4 is 5.32 Å². The fourth-order valence-electron chi connectivity index (χ4n) is 3.82. The van der Waals surface area contributed by atoms with E-state index in [1.807, 2.05) is 42.9 Å². The van der Waals surface area contributed by atoms with Crippen LogP contribution in [-0.4, -0.2) is 21.5 Å². The van der Waals surface area contributed by atoms with Crippen LogP contribution in [0.4, 0.5) is 0 Å². The van der Waals surface area contributed by atoms with E-state index in [-0.39, 0.29) is 11.9 Å². The average Bonchev–Trinajstić information content (AvgIpc) is 3.19. The van der Waals surface area contributed by atoms with Crippen molar-refractivity contribution in [1.29, 1.82) is 0 Å². The second kappa shape index (κ2) is 8.09. The number of carbonyl (C=O) groups is 1. The number of benzene rings is 2. The zero-order valence-electron chi connectivity index (χ0n) is 15.0. The third-order valence-electron chi connectivity index (χ3n) is 5.25. The summed E-state index contributed by atoms with van der Waals surface area (Å²) in [6.07, 6.45) is 7.93. The number of carbonyl (C=O) groups excluding carboxylic acids is 1. The van der Waals surface area contributed by atoms with Crippen LogP contribution >= 0.6 is 15.9 Å². The van der Waals surface area contributed by atoms with E-state index < -0.39 is 0 Å². The smallest absolute Gasteiger partial charge is 0.251 e. The summed E-state index contributed by atoms with van der Waals surface area (Å²) in [7, 11) is 0. The van der Waals surface area contributed by atoms with Crippen LogP contribution in [0.1, 0.15) is 42.1 Å². The Morgan fingerprint density at radius 2 is 1.81 bits per heavy atom. The Balaban J connectivity index is 1.39. The Bertz CT molecular complexity index is 914. The molecule has 1 fully saturated rings. The number of nitrogens with one attached hydrogen (secondary N) is 1. The molecule has 1 saturated carbocycles. The molecule has 4 nitrogen and oxygen atoms in total. The first-order chi connectivity index (χ1) is 13.2. The highest BCUT2D eigenvalue weighted by Crippen LogP contribution is 2.32. The zero-order chi connectivity index (χ0) is 18.6. The number of aromatic nitrogens is 2. The highest BCUT2D eigenvalue weighted by Gasteiger charge is 2.25. The Hall–Kier alpha value is -2.40. The predicted octanol–water partition coefficient (Wildman–Crippen LogP) is 5.23. The van der Waals surface area contributed by atoms with Gasteiger partial charge in [-0.25, -0.2) is 4.98 Å². The second-order valence-corrected chi connectivity index (χ2v) is 7.96. The van der Waals surface area contributed by atoms with Crippen LogP contribution in [0.25, 0.3) is 11.3 Å². The summed E-state index contributed by atoms with van der Waals surface area (Å²) in [5.41, 5.74) is 3.06. The van der Waals surface area contributed by atoms with Crippen molar-refractivity contribution in [3.63, 3.8) is 0 Å². The number of hydrogen-bond acceptors (Lipinski definition) is 2. The van der Waals surface area contributed by atoms with Crippen molar-refractivity contribution in [2.75, 3.05) is 0 Å². The van der Waals surface area contributed by atoms with Crippen molar-refractivity contribution < 1.29 is 4.79 Å². The molecule has 3 aromatic rings. The van der Waals surface area contributed by atoms with E-state index in [9.17, 15) is 4.79 Å². The minimum atomic E-state index is 0.00681. The number of halogens is 1. The number of nitrogens with zero attached hydrogens (tertiary/aromatic N) is 2. The molecular formula is C22H22BrN3O. The number of imidazole rings is 1. The van der Waals surface area contributed by atoms with Gasteiger partial charge in [0, 0.05) is 22.1 Å². The molecule has 1 aromatic heterocycles. The molecule has 0 saturated heterocycles. The number of hydrogen-bond donors (Lipinski definition) is 1. The minimum Gasteiger partial charge on any atom is -0.349 e. The molecule has 2 aromatic carbocycles. The van der Waals surface area contributed by atoms with E-state index in [1.165, 1.54) is 5.56 Å².